The Bertz CT molecular complexity index is 117. The fourth-order valence-corrected chi connectivity index (χ4v) is 1.60. The van der Waals surface area contributed by atoms with E-state index >= 15 is 0 Å². The van der Waals surface area contributed by atoms with Crippen molar-refractivity contribution in [2.45, 2.75) is 46.7 Å². The van der Waals surface area contributed by atoms with E-state index in [1.54, 1.807) is 0 Å². The Labute approximate surface area is 82.3 Å². The third-order valence-corrected chi connectivity index (χ3v) is 2.49. The third-order valence-electron chi connectivity index (χ3n) is 2.49. The summed E-state index contributed by atoms with van der Waals surface area (Å²) >= 11 is 0. The van der Waals surface area contributed by atoms with Gasteiger partial charge in [0.25, 0.3) is 0 Å². The van der Waals surface area contributed by atoms with Crippen LogP contribution in [0.25, 0.3) is 0 Å². The Hall–Kier alpha value is -0.110. The number of likely N-dealkylation sites (tertiary alicyclic amines) is 1. The van der Waals surface area contributed by atoms with E-state index < -0.39 is 6.17 Å². The lowest BCUT2D eigenvalue weighted by Crippen LogP contribution is -2.41. The zero-order chi connectivity index (χ0) is 10.3. The number of piperidine rings is 1. The molecule has 2 unspecified atom stereocenters. The van der Waals surface area contributed by atoms with Crippen LogP contribution in [-0.4, -0.2) is 30.7 Å². The van der Waals surface area contributed by atoms with E-state index in [2.05, 4.69) is 11.8 Å². The van der Waals surface area contributed by atoms with Crippen LogP contribution in [0.3, 0.4) is 0 Å². The highest BCUT2D eigenvalue weighted by molar-refractivity contribution is 4.76. The maximum Gasteiger partial charge on any atom is 0.115 e. The molecule has 1 aliphatic rings. The van der Waals surface area contributed by atoms with Gasteiger partial charge in [-0.3, -0.25) is 0 Å². The van der Waals surface area contributed by atoms with Crippen LogP contribution in [0.5, 0.6) is 0 Å². The fourth-order valence-electron chi connectivity index (χ4n) is 1.60. The van der Waals surface area contributed by atoms with Gasteiger partial charge in [0.2, 0.25) is 0 Å². The van der Waals surface area contributed by atoms with Gasteiger partial charge in [0.05, 0.1) is 0 Å². The maximum atomic E-state index is 13.1. The third kappa shape index (κ3) is 4.61. The predicted octanol–water partition coefficient (Wildman–Crippen LogP) is 3.10. The monoisotopic (exact) mass is 189 g/mol. The minimum atomic E-state index is -0.588. The molecule has 0 N–H and O–H groups in total. The van der Waals surface area contributed by atoms with E-state index in [4.69, 9.17) is 0 Å². The number of rotatable bonds is 2. The van der Waals surface area contributed by atoms with Crippen molar-refractivity contribution in [1.29, 1.82) is 0 Å². The Morgan fingerprint density at radius 1 is 1.38 bits per heavy atom. The molecule has 1 rings (SSSR count). The van der Waals surface area contributed by atoms with Crippen LogP contribution in [0.4, 0.5) is 4.39 Å². The lowest BCUT2D eigenvalue weighted by atomic mass is 9.97. The second-order valence-corrected chi connectivity index (χ2v) is 3.58. The largest absolute Gasteiger partial charge is 0.300 e. The summed E-state index contributed by atoms with van der Waals surface area (Å²) < 4.78 is 13.1. The quantitative estimate of drug-likeness (QED) is 0.645. The lowest BCUT2D eigenvalue weighted by molar-refractivity contribution is 0.0936. The summed E-state index contributed by atoms with van der Waals surface area (Å²) in [5, 5.41) is 0. The normalized spacial score (nSPS) is 29.3. The van der Waals surface area contributed by atoms with Crippen LogP contribution >= 0.6 is 0 Å². The molecular formula is C11H24FN. The molecule has 0 radical (unpaired) electrons. The van der Waals surface area contributed by atoms with Gasteiger partial charge in [0.15, 0.2) is 0 Å². The van der Waals surface area contributed by atoms with Crippen LogP contribution in [0.1, 0.15) is 40.5 Å². The fraction of sp³-hybridized carbons (Fsp3) is 1.00. The van der Waals surface area contributed by atoms with Crippen LogP contribution in [0.15, 0.2) is 0 Å². The van der Waals surface area contributed by atoms with Gasteiger partial charge in [-0.25, -0.2) is 4.39 Å². The minimum absolute atomic E-state index is 0.281. The standard InChI is InChI=1S/C9H18FN.C2H6/c1-3-5-11-6-4-8(2)9(10)7-11;1-2/h8-9H,3-7H2,1-2H3;1-2H3. The van der Waals surface area contributed by atoms with Crippen LogP contribution in [0, 0.1) is 5.92 Å². The molecule has 1 fully saturated rings. The van der Waals surface area contributed by atoms with Gasteiger partial charge in [-0.2, -0.15) is 0 Å². The molecule has 13 heavy (non-hydrogen) atoms. The van der Waals surface area contributed by atoms with Gasteiger partial charge >= 0.3 is 0 Å². The van der Waals surface area contributed by atoms with Crippen molar-refractivity contribution in [3.8, 4) is 0 Å². The molecule has 2 atom stereocenters. The van der Waals surface area contributed by atoms with E-state index in [0.29, 0.717) is 6.54 Å². The molecule has 1 nitrogen and oxygen atoms in total. The number of hydrogen-bond acceptors (Lipinski definition) is 1. The number of halogens is 1. The summed E-state index contributed by atoms with van der Waals surface area (Å²) in [5.74, 6) is 0.281. The van der Waals surface area contributed by atoms with Gasteiger partial charge in [-0.15, -0.1) is 0 Å². The molecule has 0 aromatic rings. The first-order valence-electron chi connectivity index (χ1n) is 5.60. The number of alkyl halides is 1. The van der Waals surface area contributed by atoms with E-state index in [0.717, 1.165) is 25.9 Å². The average Bonchev–Trinajstić information content (AvgIpc) is 2.15. The van der Waals surface area contributed by atoms with E-state index in [-0.39, 0.29) is 5.92 Å². The maximum absolute atomic E-state index is 13.1. The van der Waals surface area contributed by atoms with Crippen molar-refractivity contribution in [2.24, 2.45) is 5.92 Å². The lowest BCUT2D eigenvalue weighted by Gasteiger charge is -2.32. The SMILES string of the molecule is CC.CCCN1CCC(C)C(F)C1. The molecule has 1 aliphatic heterocycles. The van der Waals surface area contributed by atoms with E-state index in [1.807, 2.05) is 20.8 Å². The summed E-state index contributed by atoms with van der Waals surface area (Å²) in [6, 6.07) is 0. The summed E-state index contributed by atoms with van der Waals surface area (Å²) in [5.41, 5.74) is 0. The Morgan fingerprint density at radius 3 is 2.46 bits per heavy atom. The molecule has 0 spiro atoms. The van der Waals surface area contributed by atoms with Crippen LogP contribution in [-0.2, 0) is 0 Å². The van der Waals surface area contributed by atoms with Gasteiger partial charge in [0.1, 0.15) is 6.17 Å². The first kappa shape index (κ1) is 12.9. The zero-order valence-electron chi connectivity index (χ0n) is 9.52. The molecule has 80 valence electrons. The molecule has 0 aromatic carbocycles. The van der Waals surface area contributed by atoms with Gasteiger partial charge in [-0.05, 0) is 31.8 Å². The molecule has 0 amide bonds. The summed E-state index contributed by atoms with van der Waals surface area (Å²) in [6.07, 6.45) is 1.58. The molecule has 0 saturated carbocycles. The van der Waals surface area contributed by atoms with Gasteiger partial charge < -0.3 is 4.90 Å². The van der Waals surface area contributed by atoms with Crippen molar-refractivity contribution < 1.29 is 4.39 Å². The molecular weight excluding hydrogens is 165 g/mol. The van der Waals surface area contributed by atoms with Gasteiger partial charge in [0, 0.05) is 6.54 Å². The molecule has 0 aromatic heterocycles. The first-order valence-corrected chi connectivity index (χ1v) is 5.60. The summed E-state index contributed by atoms with van der Waals surface area (Å²) in [7, 11) is 0. The molecule has 1 heterocycles. The Balaban J connectivity index is 0.000000671. The number of hydrogen-bond donors (Lipinski definition) is 0. The van der Waals surface area contributed by atoms with Crippen LogP contribution in [0.2, 0.25) is 0 Å². The van der Waals surface area contributed by atoms with E-state index in [1.165, 1.54) is 0 Å². The highest BCUT2D eigenvalue weighted by atomic mass is 19.1. The predicted molar refractivity (Wildman–Crippen MR) is 56.8 cm³/mol. The first-order chi connectivity index (χ1) is 6.24. The minimum Gasteiger partial charge on any atom is -0.300 e. The molecule has 0 bridgehead atoms. The molecule has 2 heteroatoms. The highest BCUT2D eigenvalue weighted by Gasteiger charge is 2.24. The summed E-state index contributed by atoms with van der Waals surface area (Å²) in [6.45, 7) is 11.0. The number of nitrogens with zero attached hydrogens (tertiary/aromatic N) is 1. The van der Waals surface area contributed by atoms with Crippen molar-refractivity contribution in [1.82, 2.24) is 4.90 Å². The van der Waals surface area contributed by atoms with Crippen molar-refractivity contribution >= 4 is 0 Å². The van der Waals surface area contributed by atoms with Gasteiger partial charge in [-0.1, -0.05) is 27.7 Å². The second kappa shape index (κ2) is 7.31. The average molecular weight is 189 g/mol. The summed E-state index contributed by atoms with van der Waals surface area (Å²) in [4.78, 5) is 2.23. The van der Waals surface area contributed by atoms with E-state index in [9.17, 15) is 4.39 Å². The molecule has 0 aliphatic carbocycles. The van der Waals surface area contributed by atoms with Crippen LogP contribution < -0.4 is 0 Å². The highest BCUT2D eigenvalue weighted by Crippen LogP contribution is 2.19. The van der Waals surface area contributed by atoms with Crippen molar-refractivity contribution in [3.05, 3.63) is 0 Å². The topological polar surface area (TPSA) is 3.24 Å². The zero-order valence-corrected chi connectivity index (χ0v) is 9.52. The van der Waals surface area contributed by atoms with Crippen molar-refractivity contribution in [3.63, 3.8) is 0 Å². The smallest absolute Gasteiger partial charge is 0.115 e. The second-order valence-electron chi connectivity index (χ2n) is 3.58. The Kier molecular flexibility index (Phi) is 7.25. The van der Waals surface area contributed by atoms with Crippen molar-refractivity contribution in [2.75, 3.05) is 19.6 Å². The Morgan fingerprint density at radius 2 is 2.00 bits per heavy atom. The molecule has 1 saturated heterocycles.